The zero-order valence-electron chi connectivity index (χ0n) is 8.27. The number of imidazole rings is 1. The fraction of sp³-hybridized carbons (Fsp3) is 0. The van der Waals surface area contributed by atoms with E-state index in [2.05, 4.69) is 19.9 Å². The summed E-state index contributed by atoms with van der Waals surface area (Å²) in [6.07, 6.45) is 5.34. The van der Waals surface area contributed by atoms with E-state index in [0.717, 1.165) is 22.3 Å². The zero-order chi connectivity index (χ0) is 11.0. The van der Waals surface area contributed by atoms with Gasteiger partial charge in [0.2, 0.25) is 0 Å². The second kappa shape index (κ2) is 3.53. The molecule has 78 valence electrons. The lowest BCUT2D eigenvalue weighted by Gasteiger charge is -1.99. The summed E-state index contributed by atoms with van der Waals surface area (Å²) in [6, 6.07) is 5.91. The number of H-pyrrole nitrogens is 2. The molecule has 3 heterocycles. The maximum Gasteiger partial charge on any atom is 0.176 e. The Morgan fingerprint density at radius 1 is 1.06 bits per heavy atom. The Morgan fingerprint density at radius 3 is 2.69 bits per heavy atom. The first kappa shape index (κ1) is 9.23. The summed E-state index contributed by atoms with van der Waals surface area (Å²) in [5.74, 6) is 0. The van der Waals surface area contributed by atoms with Crippen LogP contribution in [0, 0.1) is 4.77 Å². The lowest BCUT2D eigenvalue weighted by Crippen LogP contribution is -1.82. The van der Waals surface area contributed by atoms with Crippen molar-refractivity contribution in [1.82, 2.24) is 19.9 Å². The van der Waals surface area contributed by atoms with E-state index in [9.17, 15) is 0 Å². The number of nitrogens with one attached hydrogen (secondary N) is 2. The number of hydrogen-bond acceptors (Lipinski definition) is 3. The van der Waals surface area contributed by atoms with E-state index in [-0.39, 0.29) is 0 Å². The van der Waals surface area contributed by atoms with Gasteiger partial charge in [-0.2, -0.15) is 0 Å². The van der Waals surface area contributed by atoms with Crippen LogP contribution in [0.1, 0.15) is 0 Å². The van der Waals surface area contributed by atoms with Gasteiger partial charge in [0.25, 0.3) is 0 Å². The van der Waals surface area contributed by atoms with Gasteiger partial charge in [-0.3, -0.25) is 4.98 Å². The van der Waals surface area contributed by atoms with Gasteiger partial charge in [0.15, 0.2) is 10.4 Å². The van der Waals surface area contributed by atoms with E-state index in [1.807, 2.05) is 24.4 Å². The minimum Gasteiger partial charge on any atom is -0.329 e. The SMILES string of the molecule is S=c1[nH]c2cc(-c3ccncc3)cnc2[nH]1. The van der Waals surface area contributed by atoms with Crippen LogP contribution in [0.25, 0.3) is 22.3 Å². The standard InChI is InChI=1S/C11H8N4S/c16-11-14-9-5-8(6-13-10(9)15-11)7-1-3-12-4-2-7/h1-6H,(H2,13,14,15,16). The lowest BCUT2D eigenvalue weighted by molar-refractivity contribution is 1.27. The van der Waals surface area contributed by atoms with Crippen LogP contribution in [-0.2, 0) is 0 Å². The fourth-order valence-corrected chi connectivity index (χ4v) is 1.83. The van der Waals surface area contributed by atoms with Gasteiger partial charge in [0.05, 0.1) is 5.52 Å². The highest BCUT2D eigenvalue weighted by Gasteiger charge is 2.01. The fourth-order valence-electron chi connectivity index (χ4n) is 1.62. The van der Waals surface area contributed by atoms with Crippen LogP contribution in [0.4, 0.5) is 0 Å². The third kappa shape index (κ3) is 1.51. The van der Waals surface area contributed by atoms with Crippen molar-refractivity contribution in [2.24, 2.45) is 0 Å². The summed E-state index contributed by atoms with van der Waals surface area (Å²) in [5, 5.41) is 0. The van der Waals surface area contributed by atoms with Crippen molar-refractivity contribution in [1.29, 1.82) is 0 Å². The van der Waals surface area contributed by atoms with Gasteiger partial charge in [-0.25, -0.2) is 4.98 Å². The molecular formula is C11H8N4S. The number of fused-ring (bicyclic) bond motifs is 1. The maximum atomic E-state index is 5.01. The normalized spacial score (nSPS) is 10.8. The topological polar surface area (TPSA) is 57.4 Å². The van der Waals surface area contributed by atoms with E-state index in [1.54, 1.807) is 12.4 Å². The first-order chi connectivity index (χ1) is 7.83. The van der Waals surface area contributed by atoms with E-state index in [1.165, 1.54) is 0 Å². The van der Waals surface area contributed by atoms with Crippen LogP contribution >= 0.6 is 12.2 Å². The number of aromatic nitrogens is 4. The Bertz CT molecular complexity index is 684. The molecule has 0 spiro atoms. The van der Waals surface area contributed by atoms with E-state index in [0.29, 0.717) is 4.77 Å². The molecule has 0 saturated carbocycles. The quantitative estimate of drug-likeness (QED) is 0.629. The molecule has 0 fully saturated rings. The minimum atomic E-state index is 0.592. The number of hydrogen-bond donors (Lipinski definition) is 2. The van der Waals surface area contributed by atoms with Gasteiger partial charge < -0.3 is 9.97 Å². The summed E-state index contributed by atoms with van der Waals surface area (Å²) in [5.41, 5.74) is 3.83. The highest BCUT2D eigenvalue weighted by molar-refractivity contribution is 7.71. The second-order valence-electron chi connectivity index (χ2n) is 3.44. The molecule has 0 atom stereocenters. The molecule has 0 bridgehead atoms. The predicted octanol–water partition coefficient (Wildman–Crippen LogP) is 2.68. The Hall–Kier alpha value is -2.01. The molecule has 16 heavy (non-hydrogen) atoms. The number of aromatic amines is 2. The molecule has 0 amide bonds. The Balaban J connectivity index is 2.22. The molecular weight excluding hydrogens is 220 g/mol. The smallest absolute Gasteiger partial charge is 0.176 e. The van der Waals surface area contributed by atoms with Crippen LogP contribution in [0.5, 0.6) is 0 Å². The van der Waals surface area contributed by atoms with Crippen molar-refractivity contribution in [3.8, 4) is 11.1 Å². The monoisotopic (exact) mass is 228 g/mol. The van der Waals surface area contributed by atoms with Crippen molar-refractivity contribution in [3.05, 3.63) is 41.6 Å². The molecule has 3 aromatic heterocycles. The molecule has 0 aliphatic carbocycles. The van der Waals surface area contributed by atoms with Crippen molar-refractivity contribution in [2.45, 2.75) is 0 Å². The van der Waals surface area contributed by atoms with E-state index >= 15 is 0 Å². The van der Waals surface area contributed by atoms with Crippen LogP contribution in [0.2, 0.25) is 0 Å². The highest BCUT2D eigenvalue weighted by atomic mass is 32.1. The first-order valence-electron chi connectivity index (χ1n) is 4.81. The van der Waals surface area contributed by atoms with Crippen LogP contribution in [-0.4, -0.2) is 19.9 Å². The predicted molar refractivity (Wildman–Crippen MR) is 64.5 cm³/mol. The molecule has 3 aromatic rings. The zero-order valence-corrected chi connectivity index (χ0v) is 9.08. The molecule has 2 N–H and O–H groups in total. The molecule has 0 aliphatic heterocycles. The van der Waals surface area contributed by atoms with Crippen LogP contribution < -0.4 is 0 Å². The van der Waals surface area contributed by atoms with Gasteiger partial charge in [0, 0.05) is 24.2 Å². The van der Waals surface area contributed by atoms with Crippen molar-refractivity contribution >= 4 is 23.4 Å². The minimum absolute atomic E-state index is 0.592. The summed E-state index contributed by atoms with van der Waals surface area (Å²) in [6.45, 7) is 0. The summed E-state index contributed by atoms with van der Waals surface area (Å²) in [7, 11) is 0. The molecule has 5 heteroatoms. The van der Waals surface area contributed by atoms with Gasteiger partial charge in [0.1, 0.15) is 0 Å². The van der Waals surface area contributed by atoms with Crippen molar-refractivity contribution < 1.29 is 0 Å². The van der Waals surface area contributed by atoms with Gasteiger partial charge in [-0.05, 0) is 36.0 Å². The highest BCUT2D eigenvalue weighted by Crippen LogP contribution is 2.20. The van der Waals surface area contributed by atoms with Crippen LogP contribution in [0.15, 0.2) is 36.8 Å². The van der Waals surface area contributed by atoms with Crippen molar-refractivity contribution in [3.63, 3.8) is 0 Å². The molecule has 4 nitrogen and oxygen atoms in total. The second-order valence-corrected chi connectivity index (χ2v) is 3.84. The first-order valence-corrected chi connectivity index (χ1v) is 5.22. The average molecular weight is 228 g/mol. The molecule has 3 rings (SSSR count). The Labute approximate surface area is 96.4 Å². The maximum absolute atomic E-state index is 5.01. The Morgan fingerprint density at radius 2 is 1.88 bits per heavy atom. The molecule has 0 radical (unpaired) electrons. The number of rotatable bonds is 1. The summed E-state index contributed by atoms with van der Waals surface area (Å²) < 4.78 is 0.592. The Kier molecular flexibility index (Phi) is 2.04. The largest absolute Gasteiger partial charge is 0.329 e. The van der Waals surface area contributed by atoms with Gasteiger partial charge >= 0.3 is 0 Å². The lowest BCUT2D eigenvalue weighted by atomic mass is 10.1. The number of pyridine rings is 2. The molecule has 0 saturated heterocycles. The van der Waals surface area contributed by atoms with Crippen LogP contribution in [0.3, 0.4) is 0 Å². The van der Waals surface area contributed by atoms with Crippen molar-refractivity contribution in [2.75, 3.05) is 0 Å². The van der Waals surface area contributed by atoms with Gasteiger partial charge in [-0.15, -0.1) is 0 Å². The molecule has 0 unspecified atom stereocenters. The van der Waals surface area contributed by atoms with E-state index in [4.69, 9.17) is 12.2 Å². The third-order valence-electron chi connectivity index (χ3n) is 2.38. The molecule has 0 aromatic carbocycles. The number of nitrogens with zero attached hydrogens (tertiary/aromatic N) is 2. The average Bonchev–Trinajstić information content (AvgIpc) is 2.69. The summed E-state index contributed by atoms with van der Waals surface area (Å²) >= 11 is 5.01. The van der Waals surface area contributed by atoms with Gasteiger partial charge in [-0.1, -0.05) is 0 Å². The van der Waals surface area contributed by atoms with E-state index < -0.39 is 0 Å². The third-order valence-corrected chi connectivity index (χ3v) is 2.59. The molecule has 0 aliphatic rings. The summed E-state index contributed by atoms with van der Waals surface area (Å²) in [4.78, 5) is 14.3.